The average Bonchev–Trinajstić information content (AvgIpc) is 3.31. The van der Waals surface area contributed by atoms with Crippen molar-refractivity contribution in [1.29, 1.82) is 0 Å². The molecule has 0 amide bonds. The van der Waals surface area contributed by atoms with Gasteiger partial charge in [0.05, 0.1) is 5.69 Å². The Morgan fingerprint density at radius 2 is 1.28 bits per heavy atom. The summed E-state index contributed by atoms with van der Waals surface area (Å²) in [6.07, 6.45) is 12.1. The van der Waals surface area contributed by atoms with Crippen LogP contribution in [-0.2, 0) is 13.0 Å². The summed E-state index contributed by atoms with van der Waals surface area (Å²) in [6, 6.07) is 32.3. The normalized spacial score (nSPS) is 11.1. The molecule has 1 heterocycles. The Morgan fingerprint density at radius 1 is 0.611 bits per heavy atom. The molecule has 0 aliphatic carbocycles. The first-order chi connectivity index (χ1) is 17.7. The molecule has 0 bridgehead atoms. The van der Waals surface area contributed by atoms with Crippen molar-refractivity contribution in [3.8, 4) is 22.7 Å². The molecule has 2 nitrogen and oxygen atoms in total. The number of rotatable bonds is 14. The molecule has 4 aromatic rings. The Hall–Kier alpha value is -3.26. The molecule has 4 rings (SSSR count). The molecule has 0 aliphatic heterocycles. The second kappa shape index (κ2) is 13.7. The van der Waals surface area contributed by atoms with Gasteiger partial charge in [0.1, 0.15) is 12.4 Å². The standard InChI is InChI=1S/C34H41NO/c1-3-4-5-6-7-8-9-11-14-29-18-22-32(23-19-29)35-28(2)17-26-34(35)31-20-24-33(25-21-31)36-27-30-15-12-10-13-16-30/h10,12-13,15-26H,3-9,11,14,27H2,1-2H3. The van der Waals surface area contributed by atoms with E-state index in [4.69, 9.17) is 4.74 Å². The minimum Gasteiger partial charge on any atom is -0.489 e. The number of aryl methyl sites for hydroxylation is 2. The van der Waals surface area contributed by atoms with E-state index in [9.17, 15) is 0 Å². The van der Waals surface area contributed by atoms with E-state index >= 15 is 0 Å². The van der Waals surface area contributed by atoms with Gasteiger partial charge in [-0.2, -0.15) is 0 Å². The molecule has 0 saturated heterocycles. The van der Waals surface area contributed by atoms with Crippen LogP contribution in [-0.4, -0.2) is 4.57 Å². The molecule has 0 aliphatic rings. The largest absolute Gasteiger partial charge is 0.489 e. The lowest BCUT2D eigenvalue weighted by atomic mass is 10.0. The molecule has 1 aromatic heterocycles. The van der Waals surface area contributed by atoms with Crippen molar-refractivity contribution in [1.82, 2.24) is 4.57 Å². The molecule has 0 N–H and O–H groups in total. The maximum Gasteiger partial charge on any atom is 0.119 e. The Morgan fingerprint density at radius 3 is 1.97 bits per heavy atom. The molecule has 0 radical (unpaired) electrons. The fourth-order valence-electron chi connectivity index (χ4n) is 4.84. The fourth-order valence-corrected chi connectivity index (χ4v) is 4.84. The van der Waals surface area contributed by atoms with Crippen molar-refractivity contribution in [3.63, 3.8) is 0 Å². The number of aromatic nitrogens is 1. The molecule has 188 valence electrons. The van der Waals surface area contributed by atoms with Crippen molar-refractivity contribution in [2.45, 2.75) is 78.2 Å². The first-order valence-electron chi connectivity index (χ1n) is 13.8. The summed E-state index contributed by atoms with van der Waals surface area (Å²) in [7, 11) is 0. The number of nitrogens with zero attached hydrogens (tertiary/aromatic N) is 1. The first kappa shape index (κ1) is 25.8. The highest BCUT2D eigenvalue weighted by atomic mass is 16.5. The van der Waals surface area contributed by atoms with Crippen LogP contribution in [0.3, 0.4) is 0 Å². The second-order valence-corrected chi connectivity index (χ2v) is 9.89. The van der Waals surface area contributed by atoms with Crippen LogP contribution >= 0.6 is 0 Å². The molecule has 0 atom stereocenters. The van der Waals surface area contributed by atoms with E-state index in [0.29, 0.717) is 6.61 Å². The van der Waals surface area contributed by atoms with E-state index in [2.05, 4.69) is 91.2 Å². The lowest BCUT2D eigenvalue weighted by Crippen LogP contribution is -2.00. The predicted molar refractivity (Wildman–Crippen MR) is 153 cm³/mol. The van der Waals surface area contributed by atoms with E-state index in [-0.39, 0.29) is 0 Å². The Balaban J connectivity index is 1.33. The summed E-state index contributed by atoms with van der Waals surface area (Å²) < 4.78 is 8.33. The smallest absolute Gasteiger partial charge is 0.119 e. The summed E-state index contributed by atoms with van der Waals surface area (Å²) in [4.78, 5) is 0. The van der Waals surface area contributed by atoms with Crippen LogP contribution in [0.1, 0.15) is 75.1 Å². The van der Waals surface area contributed by atoms with E-state index in [1.165, 1.54) is 91.6 Å². The lowest BCUT2D eigenvalue weighted by Gasteiger charge is -2.14. The molecule has 0 fully saturated rings. The third kappa shape index (κ3) is 7.37. The molecule has 36 heavy (non-hydrogen) atoms. The maximum atomic E-state index is 5.98. The minimum absolute atomic E-state index is 0.584. The van der Waals surface area contributed by atoms with Gasteiger partial charge in [0, 0.05) is 11.4 Å². The third-order valence-corrected chi connectivity index (χ3v) is 6.99. The van der Waals surface area contributed by atoms with Gasteiger partial charge in [-0.25, -0.2) is 0 Å². The highest BCUT2D eigenvalue weighted by Gasteiger charge is 2.10. The summed E-state index contributed by atoms with van der Waals surface area (Å²) in [5, 5.41) is 0. The zero-order chi connectivity index (χ0) is 25.0. The number of unbranched alkanes of at least 4 members (excludes halogenated alkanes) is 7. The van der Waals surface area contributed by atoms with Gasteiger partial charge in [-0.15, -0.1) is 0 Å². The molecule has 0 unspecified atom stereocenters. The minimum atomic E-state index is 0.584. The van der Waals surface area contributed by atoms with Crippen LogP contribution in [0.5, 0.6) is 5.75 Å². The lowest BCUT2D eigenvalue weighted by molar-refractivity contribution is 0.306. The van der Waals surface area contributed by atoms with Crippen LogP contribution in [0.15, 0.2) is 91.0 Å². The number of benzene rings is 3. The van der Waals surface area contributed by atoms with Gasteiger partial charge < -0.3 is 9.30 Å². The molecular formula is C34H41NO. The number of ether oxygens (including phenoxy) is 1. The van der Waals surface area contributed by atoms with E-state index in [1.807, 2.05) is 18.2 Å². The highest BCUT2D eigenvalue weighted by Crippen LogP contribution is 2.28. The van der Waals surface area contributed by atoms with Crippen LogP contribution in [0, 0.1) is 6.92 Å². The van der Waals surface area contributed by atoms with Crippen LogP contribution in [0.25, 0.3) is 16.9 Å². The van der Waals surface area contributed by atoms with Gasteiger partial charge in [0.2, 0.25) is 0 Å². The van der Waals surface area contributed by atoms with Crippen molar-refractivity contribution in [2.75, 3.05) is 0 Å². The zero-order valence-electron chi connectivity index (χ0n) is 22.1. The van der Waals surface area contributed by atoms with E-state index < -0.39 is 0 Å². The van der Waals surface area contributed by atoms with Crippen LogP contribution < -0.4 is 4.74 Å². The van der Waals surface area contributed by atoms with Crippen molar-refractivity contribution in [3.05, 3.63) is 108 Å². The number of hydrogen-bond acceptors (Lipinski definition) is 1. The van der Waals surface area contributed by atoms with Gasteiger partial charge in [0.15, 0.2) is 0 Å². The molecule has 3 aromatic carbocycles. The van der Waals surface area contributed by atoms with Crippen molar-refractivity contribution in [2.24, 2.45) is 0 Å². The monoisotopic (exact) mass is 479 g/mol. The summed E-state index contributed by atoms with van der Waals surface area (Å²) in [5.41, 5.74) is 7.48. The van der Waals surface area contributed by atoms with Gasteiger partial charge in [0.25, 0.3) is 0 Å². The molecule has 0 spiro atoms. The van der Waals surface area contributed by atoms with Crippen LogP contribution in [0.2, 0.25) is 0 Å². The Bertz CT molecular complexity index is 1160. The van der Waals surface area contributed by atoms with Crippen molar-refractivity contribution >= 4 is 0 Å². The molecule has 0 saturated carbocycles. The summed E-state index contributed by atoms with van der Waals surface area (Å²) in [6.45, 7) is 5.04. The SMILES string of the molecule is CCCCCCCCCCc1ccc(-n2c(C)ccc2-c2ccc(OCc3ccccc3)cc2)cc1. The average molecular weight is 480 g/mol. The zero-order valence-corrected chi connectivity index (χ0v) is 22.1. The predicted octanol–water partition coefficient (Wildman–Crippen LogP) is 9.71. The Labute approximate surface area is 218 Å². The molecule has 2 heteroatoms. The second-order valence-electron chi connectivity index (χ2n) is 9.89. The quantitative estimate of drug-likeness (QED) is 0.164. The van der Waals surface area contributed by atoms with Gasteiger partial charge in [-0.05, 0) is 85.0 Å². The fraction of sp³-hybridized carbons (Fsp3) is 0.353. The van der Waals surface area contributed by atoms with Crippen LogP contribution in [0.4, 0.5) is 0 Å². The van der Waals surface area contributed by atoms with Crippen molar-refractivity contribution < 1.29 is 4.74 Å². The highest BCUT2D eigenvalue weighted by molar-refractivity contribution is 5.65. The van der Waals surface area contributed by atoms with Gasteiger partial charge >= 0.3 is 0 Å². The number of hydrogen-bond donors (Lipinski definition) is 0. The van der Waals surface area contributed by atoms with Gasteiger partial charge in [-0.3, -0.25) is 0 Å². The van der Waals surface area contributed by atoms with E-state index in [0.717, 1.165) is 5.75 Å². The first-order valence-corrected chi connectivity index (χ1v) is 13.8. The van der Waals surface area contributed by atoms with Gasteiger partial charge in [-0.1, -0.05) is 94.3 Å². The summed E-state index contributed by atoms with van der Waals surface area (Å²) in [5.74, 6) is 0.891. The maximum absolute atomic E-state index is 5.98. The molecular weight excluding hydrogens is 438 g/mol. The van der Waals surface area contributed by atoms with E-state index in [1.54, 1.807) is 0 Å². The Kier molecular flexibility index (Phi) is 9.85. The third-order valence-electron chi connectivity index (χ3n) is 6.99. The summed E-state index contributed by atoms with van der Waals surface area (Å²) >= 11 is 0. The topological polar surface area (TPSA) is 14.2 Å².